The SMILES string of the molecule is CCC1(c2cccc(NS(C)(=O)=O)c2)C2CN(CCOCC(F)(F)F)CC21. The van der Waals surface area contributed by atoms with Crippen molar-refractivity contribution in [2.45, 2.75) is 24.9 Å². The van der Waals surface area contributed by atoms with E-state index < -0.39 is 22.8 Å². The largest absolute Gasteiger partial charge is 0.411 e. The Morgan fingerprint density at radius 2 is 1.96 bits per heavy atom. The van der Waals surface area contributed by atoms with E-state index in [1.54, 1.807) is 6.07 Å². The second-order valence-corrected chi connectivity index (χ2v) is 9.24. The van der Waals surface area contributed by atoms with E-state index in [9.17, 15) is 21.6 Å². The summed E-state index contributed by atoms with van der Waals surface area (Å²) in [7, 11) is -3.33. The maximum Gasteiger partial charge on any atom is 0.411 e. The van der Waals surface area contributed by atoms with Gasteiger partial charge in [0.1, 0.15) is 6.61 Å². The number of likely N-dealkylation sites (tertiary alicyclic amines) is 1. The maximum absolute atomic E-state index is 12.1. The number of nitrogens with one attached hydrogen (secondary N) is 1. The molecule has 1 saturated heterocycles. The fraction of sp³-hybridized carbons (Fsp3) is 0.667. The van der Waals surface area contributed by atoms with Gasteiger partial charge in [0.15, 0.2) is 0 Å². The van der Waals surface area contributed by atoms with Crippen molar-refractivity contribution in [3.8, 4) is 0 Å². The van der Waals surface area contributed by atoms with Crippen LogP contribution in [0.3, 0.4) is 0 Å². The lowest BCUT2D eigenvalue weighted by molar-refractivity contribution is -0.174. The Hall–Kier alpha value is -1.32. The predicted octanol–water partition coefficient (Wildman–Crippen LogP) is 2.85. The van der Waals surface area contributed by atoms with Crippen molar-refractivity contribution in [2.24, 2.45) is 11.8 Å². The molecular formula is C18H25F3N2O3S. The third kappa shape index (κ3) is 4.57. The average molecular weight is 406 g/mol. The van der Waals surface area contributed by atoms with Crippen molar-refractivity contribution in [3.05, 3.63) is 29.8 Å². The highest BCUT2D eigenvalue weighted by Crippen LogP contribution is 2.65. The molecule has 1 aliphatic heterocycles. The van der Waals surface area contributed by atoms with Crippen LogP contribution >= 0.6 is 0 Å². The summed E-state index contributed by atoms with van der Waals surface area (Å²) < 4.78 is 66.5. The molecule has 1 aliphatic carbocycles. The van der Waals surface area contributed by atoms with Crippen LogP contribution in [0.15, 0.2) is 24.3 Å². The van der Waals surface area contributed by atoms with Crippen LogP contribution in [0, 0.1) is 11.8 Å². The first kappa shape index (κ1) is 20.4. The van der Waals surface area contributed by atoms with Crippen LogP contribution in [-0.4, -0.2) is 58.6 Å². The molecule has 2 aliphatic rings. The lowest BCUT2D eigenvalue weighted by atomic mass is 9.87. The third-order valence-electron chi connectivity index (χ3n) is 5.72. The number of piperidine rings is 1. The van der Waals surface area contributed by atoms with E-state index in [4.69, 9.17) is 4.74 Å². The normalized spacial score (nSPS) is 28.2. The van der Waals surface area contributed by atoms with Gasteiger partial charge in [0.25, 0.3) is 0 Å². The van der Waals surface area contributed by atoms with Crippen LogP contribution in [0.5, 0.6) is 0 Å². The molecule has 2 unspecified atom stereocenters. The summed E-state index contributed by atoms with van der Waals surface area (Å²) in [5.41, 5.74) is 1.71. The molecule has 1 N–H and O–H groups in total. The minimum absolute atomic E-state index is 0.0263. The molecule has 0 spiro atoms. The molecule has 2 atom stereocenters. The van der Waals surface area contributed by atoms with Crippen LogP contribution in [0.25, 0.3) is 0 Å². The Morgan fingerprint density at radius 3 is 2.52 bits per heavy atom. The van der Waals surface area contributed by atoms with Crippen LogP contribution in [0.1, 0.15) is 18.9 Å². The number of fused-ring (bicyclic) bond motifs is 1. The average Bonchev–Trinajstić information content (AvgIpc) is 2.92. The molecule has 9 heteroatoms. The number of alkyl halides is 3. The van der Waals surface area contributed by atoms with E-state index >= 15 is 0 Å². The number of rotatable bonds is 8. The van der Waals surface area contributed by atoms with Crippen LogP contribution < -0.4 is 4.72 Å². The van der Waals surface area contributed by atoms with Gasteiger partial charge in [-0.25, -0.2) is 8.42 Å². The van der Waals surface area contributed by atoms with Gasteiger partial charge in [-0.1, -0.05) is 19.1 Å². The van der Waals surface area contributed by atoms with Gasteiger partial charge < -0.3 is 9.64 Å². The van der Waals surface area contributed by atoms with Crippen molar-refractivity contribution in [3.63, 3.8) is 0 Å². The van der Waals surface area contributed by atoms with Gasteiger partial charge in [-0.2, -0.15) is 13.2 Å². The van der Waals surface area contributed by atoms with Crippen molar-refractivity contribution >= 4 is 15.7 Å². The lowest BCUT2D eigenvalue weighted by Gasteiger charge is -2.26. The Bertz CT molecular complexity index is 770. The monoisotopic (exact) mass is 406 g/mol. The Morgan fingerprint density at radius 1 is 1.30 bits per heavy atom. The molecule has 0 bridgehead atoms. The van der Waals surface area contributed by atoms with Crippen LogP contribution in [0.4, 0.5) is 18.9 Å². The molecule has 1 heterocycles. The molecule has 3 rings (SSSR count). The van der Waals surface area contributed by atoms with E-state index in [0.29, 0.717) is 24.1 Å². The fourth-order valence-corrected chi connectivity index (χ4v) is 5.18. The summed E-state index contributed by atoms with van der Waals surface area (Å²) in [5, 5.41) is 0. The van der Waals surface area contributed by atoms with Crippen LogP contribution in [-0.2, 0) is 20.2 Å². The van der Waals surface area contributed by atoms with Gasteiger partial charge in [0, 0.05) is 30.7 Å². The van der Waals surface area contributed by atoms with Crippen molar-refractivity contribution in [1.82, 2.24) is 4.90 Å². The number of anilines is 1. The van der Waals surface area contributed by atoms with E-state index in [-0.39, 0.29) is 12.0 Å². The zero-order chi connectivity index (χ0) is 19.9. The van der Waals surface area contributed by atoms with Gasteiger partial charge >= 0.3 is 6.18 Å². The topological polar surface area (TPSA) is 58.6 Å². The van der Waals surface area contributed by atoms with E-state index in [1.165, 1.54) is 0 Å². The predicted molar refractivity (Wildman–Crippen MR) is 97.2 cm³/mol. The number of nitrogens with zero attached hydrogens (tertiary/aromatic N) is 1. The Kier molecular flexibility index (Phi) is 5.48. The standard InChI is InChI=1S/C18H25F3N2O3S/c1-3-17(13-5-4-6-14(9-13)22-27(2,24)25)15-10-23(11-16(15)17)7-8-26-12-18(19,20)21/h4-6,9,15-16,22H,3,7-8,10-12H2,1-2H3. The molecule has 152 valence electrons. The summed E-state index contributed by atoms with van der Waals surface area (Å²) in [4.78, 5) is 2.15. The number of ether oxygens (including phenoxy) is 1. The number of halogens is 3. The summed E-state index contributed by atoms with van der Waals surface area (Å²) in [5.74, 6) is 0.886. The highest BCUT2D eigenvalue weighted by atomic mass is 32.2. The highest BCUT2D eigenvalue weighted by molar-refractivity contribution is 7.92. The summed E-state index contributed by atoms with van der Waals surface area (Å²) >= 11 is 0. The Balaban J connectivity index is 1.59. The first-order chi connectivity index (χ1) is 12.5. The molecule has 2 fully saturated rings. The third-order valence-corrected chi connectivity index (χ3v) is 6.32. The van der Waals surface area contributed by atoms with Gasteiger partial charge in [-0.15, -0.1) is 0 Å². The number of sulfonamides is 1. The molecule has 5 nitrogen and oxygen atoms in total. The molecule has 0 amide bonds. The fourth-order valence-electron chi connectivity index (χ4n) is 4.62. The minimum Gasteiger partial charge on any atom is -0.371 e. The zero-order valence-electron chi connectivity index (χ0n) is 15.4. The van der Waals surface area contributed by atoms with Crippen molar-refractivity contribution in [1.29, 1.82) is 0 Å². The molecule has 0 aromatic heterocycles. The maximum atomic E-state index is 12.1. The molecule has 1 aromatic rings. The summed E-state index contributed by atoms with van der Waals surface area (Å²) in [6.45, 7) is 3.16. The van der Waals surface area contributed by atoms with E-state index in [1.807, 2.05) is 18.2 Å². The van der Waals surface area contributed by atoms with Gasteiger partial charge in [0.2, 0.25) is 10.0 Å². The number of hydrogen-bond acceptors (Lipinski definition) is 4. The minimum atomic E-state index is -4.28. The zero-order valence-corrected chi connectivity index (χ0v) is 16.2. The lowest BCUT2D eigenvalue weighted by Crippen LogP contribution is -2.33. The quantitative estimate of drug-likeness (QED) is 0.675. The van der Waals surface area contributed by atoms with E-state index in [0.717, 1.165) is 31.3 Å². The highest BCUT2D eigenvalue weighted by Gasteiger charge is 2.67. The van der Waals surface area contributed by atoms with Crippen molar-refractivity contribution in [2.75, 3.05) is 43.8 Å². The van der Waals surface area contributed by atoms with Gasteiger partial charge in [0.05, 0.1) is 12.9 Å². The smallest absolute Gasteiger partial charge is 0.371 e. The van der Waals surface area contributed by atoms with E-state index in [2.05, 4.69) is 16.5 Å². The molecule has 1 aromatic carbocycles. The molecule has 1 saturated carbocycles. The Labute approximate surface area is 157 Å². The molecular weight excluding hydrogens is 381 g/mol. The second-order valence-electron chi connectivity index (χ2n) is 7.49. The van der Waals surface area contributed by atoms with Gasteiger partial charge in [-0.3, -0.25) is 4.72 Å². The summed E-state index contributed by atoms with van der Waals surface area (Å²) in [6, 6.07) is 7.53. The second kappa shape index (κ2) is 7.25. The first-order valence-corrected chi connectivity index (χ1v) is 10.9. The van der Waals surface area contributed by atoms with Crippen LogP contribution in [0.2, 0.25) is 0 Å². The first-order valence-electron chi connectivity index (χ1n) is 9.00. The number of hydrogen-bond donors (Lipinski definition) is 1. The van der Waals surface area contributed by atoms with Crippen molar-refractivity contribution < 1.29 is 26.3 Å². The summed E-state index contributed by atoms with van der Waals surface area (Å²) in [6.07, 6.45) is -2.21. The number of benzene rings is 1. The van der Waals surface area contributed by atoms with Gasteiger partial charge in [-0.05, 0) is 36.0 Å². The molecule has 0 radical (unpaired) electrons. The molecule has 27 heavy (non-hydrogen) atoms.